The van der Waals surface area contributed by atoms with E-state index in [4.69, 9.17) is 11.6 Å². The van der Waals surface area contributed by atoms with Gasteiger partial charge in [-0.2, -0.15) is 0 Å². The van der Waals surface area contributed by atoms with Gasteiger partial charge in [-0.25, -0.2) is 12.8 Å². The Balaban J connectivity index is 1.83. The maximum Gasteiger partial charge on any atom is 0.264 e. The lowest BCUT2D eigenvalue weighted by atomic mass is 10.0. The van der Waals surface area contributed by atoms with E-state index in [1.54, 1.807) is 55.5 Å². The number of benzene rings is 4. The fourth-order valence-corrected chi connectivity index (χ4v) is 6.65. The van der Waals surface area contributed by atoms with Crippen molar-refractivity contribution in [1.82, 2.24) is 10.2 Å². The second-order valence-electron chi connectivity index (χ2n) is 11.8. The molecule has 236 valence electrons. The number of carbonyl (C=O) groups is 2. The molecule has 0 aliphatic rings. The number of hydrogen-bond donors (Lipinski definition) is 1. The van der Waals surface area contributed by atoms with E-state index in [1.807, 2.05) is 51.1 Å². The zero-order chi connectivity index (χ0) is 32.8. The van der Waals surface area contributed by atoms with Crippen LogP contribution in [0.4, 0.5) is 10.1 Å². The fourth-order valence-electron chi connectivity index (χ4n) is 4.93. The molecule has 1 N–H and O–H groups in total. The summed E-state index contributed by atoms with van der Waals surface area (Å²) in [6.45, 7) is 6.57. The van der Waals surface area contributed by atoms with Crippen LogP contribution in [0.3, 0.4) is 0 Å². The number of anilines is 1. The smallest absolute Gasteiger partial charge is 0.264 e. The quantitative estimate of drug-likeness (QED) is 0.200. The number of sulfonamides is 1. The molecule has 0 spiro atoms. The predicted octanol–water partition coefficient (Wildman–Crippen LogP) is 6.54. The third-order valence-electron chi connectivity index (χ3n) is 7.07. The highest BCUT2D eigenvalue weighted by atomic mass is 35.5. The first-order chi connectivity index (χ1) is 21.2. The molecule has 7 nitrogen and oxygen atoms in total. The summed E-state index contributed by atoms with van der Waals surface area (Å²) in [5, 5.41) is 3.40. The Morgan fingerprint density at radius 1 is 0.867 bits per heavy atom. The molecule has 0 saturated heterocycles. The third-order valence-corrected chi connectivity index (χ3v) is 9.08. The van der Waals surface area contributed by atoms with Crippen LogP contribution in [0.1, 0.15) is 37.5 Å². The van der Waals surface area contributed by atoms with Gasteiger partial charge in [0.25, 0.3) is 10.0 Å². The minimum atomic E-state index is -4.24. The molecule has 0 radical (unpaired) electrons. The molecule has 0 fully saturated rings. The van der Waals surface area contributed by atoms with Crippen molar-refractivity contribution in [1.29, 1.82) is 0 Å². The van der Waals surface area contributed by atoms with Gasteiger partial charge >= 0.3 is 0 Å². The van der Waals surface area contributed by atoms with Gasteiger partial charge in [0, 0.05) is 23.5 Å². The van der Waals surface area contributed by atoms with Crippen molar-refractivity contribution in [3.05, 3.63) is 131 Å². The Morgan fingerprint density at radius 2 is 1.47 bits per heavy atom. The second-order valence-corrected chi connectivity index (χ2v) is 14.1. The second kappa shape index (κ2) is 14.3. The van der Waals surface area contributed by atoms with Gasteiger partial charge in [0.15, 0.2) is 0 Å². The van der Waals surface area contributed by atoms with Crippen molar-refractivity contribution in [2.45, 2.75) is 57.1 Å². The Morgan fingerprint density at radius 3 is 2.04 bits per heavy atom. The maximum atomic E-state index is 14.5. The summed E-state index contributed by atoms with van der Waals surface area (Å²) in [5.41, 5.74) is 1.60. The SMILES string of the molecule is Cc1cc(Cl)ccc1N(CC(=O)N(Cc1ccc(F)cc1)C(Cc1ccccc1)C(=O)NC(C)(C)C)S(=O)(=O)c1ccccc1. The third kappa shape index (κ3) is 8.93. The minimum Gasteiger partial charge on any atom is -0.350 e. The molecule has 10 heteroatoms. The van der Waals surface area contributed by atoms with Crippen molar-refractivity contribution in [3.8, 4) is 0 Å². The van der Waals surface area contributed by atoms with E-state index in [0.717, 1.165) is 9.87 Å². The van der Waals surface area contributed by atoms with Crippen LogP contribution in [0.2, 0.25) is 5.02 Å². The first kappa shape index (κ1) is 33.7. The van der Waals surface area contributed by atoms with Gasteiger partial charge in [0.2, 0.25) is 11.8 Å². The molecular formula is C35H37ClFN3O4S. The Bertz CT molecular complexity index is 1730. The van der Waals surface area contributed by atoms with Crippen LogP contribution >= 0.6 is 11.6 Å². The maximum absolute atomic E-state index is 14.5. The van der Waals surface area contributed by atoms with E-state index in [1.165, 1.54) is 29.2 Å². The highest BCUT2D eigenvalue weighted by Crippen LogP contribution is 2.29. The molecule has 0 aromatic heterocycles. The lowest BCUT2D eigenvalue weighted by molar-refractivity contribution is -0.140. The molecule has 0 aliphatic carbocycles. The molecule has 1 unspecified atom stereocenters. The molecule has 0 bridgehead atoms. The van der Waals surface area contributed by atoms with Crippen LogP contribution in [0, 0.1) is 12.7 Å². The first-order valence-corrected chi connectivity index (χ1v) is 16.3. The van der Waals surface area contributed by atoms with Crippen LogP contribution in [0.25, 0.3) is 0 Å². The number of halogens is 2. The number of aryl methyl sites for hydroxylation is 1. The van der Waals surface area contributed by atoms with Gasteiger partial charge in [-0.1, -0.05) is 72.3 Å². The van der Waals surface area contributed by atoms with Gasteiger partial charge in [-0.05, 0) is 86.8 Å². The van der Waals surface area contributed by atoms with Gasteiger partial charge in [-0.3, -0.25) is 13.9 Å². The van der Waals surface area contributed by atoms with Crippen LogP contribution < -0.4 is 9.62 Å². The van der Waals surface area contributed by atoms with E-state index in [-0.39, 0.29) is 23.5 Å². The first-order valence-electron chi connectivity index (χ1n) is 14.5. The average Bonchev–Trinajstić information content (AvgIpc) is 2.99. The molecule has 2 amide bonds. The van der Waals surface area contributed by atoms with Crippen molar-refractivity contribution >= 4 is 39.1 Å². The highest BCUT2D eigenvalue weighted by Gasteiger charge is 2.36. The zero-order valence-corrected chi connectivity index (χ0v) is 27.3. The number of hydrogen-bond acceptors (Lipinski definition) is 4. The summed E-state index contributed by atoms with van der Waals surface area (Å²) >= 11 is 6.20. The van der Waals surface area contributed by atoms with Gasteiger partial charge in [0.1, 0.15) is 18.4 Å². The zero-order valence-electron chi connectivity index (χ0n) is 25.7. The van der Waals surface area contributed by atoms with Crippen molar-refractivity contribution < 1.29 is 22.4 Å². The molecule has 4 rings (SSSR count). The largest absolute Gasteiger partial charge is 0.350 e. The molecule has 0 saturated carbocycles. The summed E-state index contributed by atoms with van der Waals surface area (Å²) < 4.78 is 43.1. The molecule has 1 atom stereocenters. The van der Waals surface area contributed by atoms with E-state index >= 15 is 0 Å². The standard InChI is InChI=1S/C35H37ClFN3O4S/c1-25-21-28(36)17-20-31(25)40(45(43,44)30-13-9-6-10-14-30)24-33(41)39(23-27-15-18-29(37)19-16-27)32(34(42)38-35(2,3)4)22-26-11-7-5-8-12-26/h5-21,32H,22-24H2,1-4H3,(H,38,42). The number of carbonyl (C=O) groups excluding carboxylic acids is 2. The minimum absolute atomic E-state index is 0.00328. The van der Waals surface area contributed by atoms with Crippen LogP contribution in [-0.2, 0) is 32.6 Å². The molecular weight excluding hydrogens is 613 g/mol. The Labute approximate surface area is 269 Å². The summed E-state index contributed by atoms with van der Waals surface area (Å²) in [6, 6.07) is 26.5. The lowest BCUT2D eigenvalue weighted by Gasteiger charge is -2.35. The average molecular weight is 650 g/mol. The molecule has 45 heavy (non-hydrogen) atoms. The Kier molecular flexibility index (Phi) is 10.7. The van der Waals surface area contributed by atoms with Crippen LogP contribution in [-0.4, -0.2) is 43.3 Å². The van der Waals surface area contributed by atoms with Gasteiger partial charge in [-0.15, -0.1) is 0 Å². The summed E-state index contributed by atoms with van der Waals surface area (Å²) in [6.07, 6.45) is 0.168. The highest BCUT2D eigenvalue weighted by molar-refractivity contribution is 7.92. The molecule has 4 aromatic rings. The van der Waals surface area contributed by atoms with E-state index in [2.05, 4.69) is 5.32 Å². The van der Waals surface area contributed by atoms with E-state index in [0.29, 0.717) is 16.1 Å². The van der Waals surface area contributed by atoms with Gasteiger partial charge < -0.3 is 10.2 Å². The number of nitrogens with zero attached hydrogens (tertiary/aromatic N) is 2. The normalized spacial score (nSPS) is 12.3. The monoisotopic (exact) mass is 649 g/mol. The summed E-state index contributed by atoms with van der Waals surface area (Å²) in [7, 11) is -4.24. The summed E-state index contributed by atoms with van der Waals surface area (Å²) in [5.74, 6) is -1.46. The van der Waals surface area contributed by atoms with Crippen molar-refractivity contribution in [2.75, 3.05) is 10.8 Å². The lowest BCUT2D eigenvalue weighted by Crippen LogP contribution is -2.56. The fraction of sp³-hybridized carbons (Fsp3) is 0.257. The van der Waals surface area contributed by atoms with Gasteiger partial charge in [0.05, 0.1) is 10.6 Å². The number of nitrogens with one attached hydrogen (secondary N) is 1. The molecule has 4 aromatic carbocycles. The Hall–Kier alpha value is -4.21. The van der Waals surface area contributed by atoms with E-state index < -0.39 is 45.8 Å². The molecule has 0 aliphatic heterocycles. The summed E-state index contributed by atoms with van der Waals surface area (Å²) in [4.78, 5) is 29.8. The number of amides is 2. The van der Waals surface area contributed by atoms with Crippen LogP contribution in [0.5, 0.6) is 0 Å². The molecule has 0 heterocycles. The van der Waals surface area contributed by atoms with Crippen molar-refractivity contribution in [3.63, 3.8) is 0 Å². The number of rotatable bonds is 11. The topological polar surface area (TPSA) is 86.8 Å². The van der Waals surface area contributed by atoms with Crippen molar-refractivity contribution in [2.24, 2.45) is 0 Å². The van der Waals surface area contributed by atoms with Crippen LogP contribution in [0.15, 0.2) is 108 Å². The van der Waals surface area contributed by atoms with E-state index in [9.17, 15) is 22.4 Å². The predicted molar refractivity (Wildman–Crippen MR) is 176 cm³/mol.